The summed E-state index contributed by atoms with van der Waals surface area (Å²) < 4.78 is 10.5. The van der Waals surface area contributed by atoms with Crippen molar-refractivity contribution >= 4 is 5.91 Å². The molecule has 1 aromatic heterocycles. The Labute approximate surface area is 158 Å². The van der Waals surface area contributed by atoms with Gasteiger partial charge in [0.05, 0.1) is 20.1 Å². The standard InChI is InChI=1S/C21H23N3O3/c1-4-24(20(25)13-16-7-11-18(26-3)12-8-16)14-19-22-21(23-27-19)17-9-5-15(2)6-10-17/h5-12H,4,13-14H2,1-3H3. The molecule has 0 saturated heterocycles. The van der Waals surface area contributed by atoms with Crippen LogP contribution in [-0.2, 0) is 17.8 Å². The van der Waals surface area contributed by atoms with Gasteiger partial charge in [0.1, 0.15) is 5.75 Å². The number of hydrogen-bond donors (Lipinski definition) is 0. The van der Waals surface area contributed by atoms with Gasteiger partial charge in [-0.3, -0.25) is 4.79 Å². The van der Waals surface area contributed by atoms with Gasteiger partial charge in [0.15, 0.2) is 0 Å². The van der Waals surface area contributed by atoms with Crippen molar-refractivity contribution in [1.82, 2.24) is 15.0 Å². The third-order valence-corrected chi connectivity index (χ3v) is 4.35. The highest BCUT2D eigenvalue weighted by molar-refractivity contribution is 5.78. The van der Waals surface area contributed by atoms with E-state index in [0.717, 1.165) is 16.9 Å². The number of aromatic nitrogens is 2. The van der Waals surface area contributed by atoms with E-state index in [2.05, 4.69) is 10.1 Å². The maximum absolute atomic E-state index is 12.6. The van der Waals surface area contributed by atoms with Crippen LogP contribution in [0.15, 0.2) is 53.1 Å². The number of likely N-dealkylation sites (N-methyl/N-ethyl adjacent to an activating group) is 1. The molecule has 0 N–H and O–H groups in total. The van der Waals surface area contributed by atoms with E-state index in [4.69, 9.17) is 9.26 Å². The summed E-state index contributed by atoms with van der Waals surface area (Å²) in [6, 6.07) is 15.4. The summed E-state index contributed by atoms with van der Waals surface area (Å²) in [6.45, 7) is 4.82. The van der Waals surface area contributed by atoms with Crippen LogP contribution >= 0.6 is 0 Å². The van der Waals surface area contributed by atoms with E-state index < -0.39 is 0 Å². The summed E-state index contributed by atoms with van der Waals surface area (Å²) in [4.78, 5) is 18.7. The largest absolute Gasteiger partial charge is 0.497 e. The molecule has 0 aliphatic heterocycles. The normalized spacial score (nSPS) is 10.6. The lowest BCUT2D eigenvalue weighted by Crippen LogP contribution is -2.31. The topological polar surface area (TPSA) is 68.5 Å². The molecule has 0 saturated carbocycles. The van der Waals surface area contributed by atoms with E-state index in [-0.39, 0.29) is 5.91 Å². The van der Waals surface area contributed by atoms with E-state index >= 15 is 0 Å². The van der Waals surface area contributed by atoms with Crippen molar-refractivity contribution in [2.24, 2.45) is 0 Å². The van der Waals surface area contributed by atoms with Crippen molar-refractivity contribution in [3.63, 3.8) is 0 Å². The van der Waals surface area contributed by atoms with Crippen molar-refractivity contribution in [2.45, 2.75) is 26.8 Å². The minimum atomic E-state index is 0.0118. The summed E-state index contributed by atoms with van der Waals surface area (Å²) in [5.41, 5.74) is 3.00. The van der Waals surface area contributed by atoms with Gasteiger partial charge in [0.25, 0.3) is 0 Å². The van der Waals surface area contributed by atoms with Crippen molar-refractivity contribution < 1.29 is 14.1 Å². The molecule has 0 aliphatic carbocycles. The molecule has 0 fully saturated rings. The average molecular weight is 365 g/mol. The molecule has 0 spiro atoms. The lowest BCUT2D eigenvalue weighted by Gasteiger charge is -2.18. The van der Waals surface area contributed by atoms with Crippen molar-refractivity contribution in [1.29, 1.82) is 0 Å². The highest BCUT2D eigenvalue weighted by atomic mass is 16.5. The quantitative estimate of drug-likeness (QED) is 0.639. The molecule has 1 heterocycles. The summed E-state index contributed by atoms with van der Waals surface area (Å²) in [5.74, 6) is 1.74. The van der Waals surface area contributed by atoms with Gasteiger partial charge in [-0.05, 0) is 31.5 Å². The molecule has 3 aromatic rings. The van der Waals surface area contributed by atoms with Crippen LogP contribution in [0.5, 0.6) is 5.75 Å². The number of rotatable bonds is 7. The fourth-order valence-corrected chi connectivity index (χ4v) is 2.71. The summed E-state index contributed by atoms with van der Waals surface area (Å²) in [7, 11) is 1.62. The fourth-order valence-electron chi connectivity index (χ4n) is 2.71. The van der Waals surface area contributed by atoms with Crippen molar-refractivity contribution in [3.05, 3.63) is 65.5 Å². The van der Waals surface area contributed by atoms with E-state index in [1.807, 2.05) is 62.4 Å². The Morgan fingerprint density at radius 3 is 2.44 bits per heavy atom. The first-order chi connectivity index (χ1) is 13.1. The van der Waals surface area contributed by atoms with Gasteiger partial charge in [0, 0.05) is 12.1 Å². The Morgan fingerprint density at radius 2 is 1.81 bits per heavy atom. The Balaban J connectivity index is 1.65. The number of methoxy groups -OCH3 is 1. The fraction of sp³-hybridized carbons (Fsp3) is 0.286. The number of aryl methyl sites for hydroxylation is 1. The number of amides is 1. The molecule has 6 nitrogen and oxygen atoms in total. The van der Waals surface area contributed by atoms with Crippen LogP contribution in [0.4, 0.5) is 0 Å². The number of benzene rings is 2. The van der Waals surface area contributed by atoms with E-state index in [0.29, 0.717) is 31.2 Å². The second kappa shape index (κ2) is 8.49. The summed E-state index contributed by atoms with van der Waals surface area (Å²) in [6.07, 6.45) is 0.316. The van der Waals surface area contributed by atoms with Gasteiger partial charge in [-0.25, -0.2) is 0 Å². The van der Waals surface area contributed by atoms with E-state index in [9.17, 15) is 4.79 Å². The smallest absolute Gasteiger partial charge is 0.246 e. The Hall–Kier alpha value is -3.15. The molecule has 0 atom stereocenters. The van der Waals surface area contributed by atoms with Crippen LogP contribution in [-0.4, -0.2) is 34.6 Å². The van der Waals surface area contributed by atoms with Crippen molar-refractivity contribution in [2.75, 3.05) is 13.7 Å². The first-order valence-corrected chi connectivity index (χ1v) is 8.89. The zero-order valence-electron chi connectivity index (χ0n) is 15.8. The van der Waals surface area contributed by atoms with E-state index in [1.54, 1.807) is 12.0 Å². The number of carbonyl (C=O) groups excluding carboxylic acids is 1. The molecular formula is C21H23N3O3. The van der Waals surface area contributed by atoms with Crippen LogP contribution in [0.25, 0.3) is 11.4 Å². The maximum Gasteiger partial charge on any atom is 0.246 e. The third kappa shape index (κ3) is 4.73. The van der Waals surface area contributed by atoms with Gasteiger partial charge in [0.2, 0.25) is 17.6 Å². The number of hydrogen-bond acceptors (Lipinski definition) is 5. The lowest BCUT2D eigenvalue weighted by atomic mass is 10.1. The maximum atomic E-state index is 12.6. The molecule has 0 radical (unpaired) electrons. The summed E-state index contributed by atoms with van der Waals surface area (Å²) in [5, 5.41) is 4.03. The molecule has 0 bridgehead atoms. The highest BCUT2D eigenvalue weighted by Gasteiger charge is 2.17. The molecule has 140 valence electrons. The number of carbonyl (C=O) groups is 1. The monoisotopic (exact) mass is 365 g/mol. The number of ether oxygens (including phenoxy) is 1. The molecular weight excluding hydrogens is 342 g/mol. The molecule has 0 unspecified atom stereocenters. The molecule has 27 heavy (non-hydrogen) atoms. The molecule has 6 heteroatoms. The first kappa shape index (κ1) is 18.6. The zero-order chi connectivity index (χ0) is 19.2. The van der Waals surface area contributed by atoms with Gasteiger partial charge in [-0.2, -0.15) is 4.98 Å². The molecule has 1 amide bonds. The first-order valence-electron chi connectivity index (χ1n) is 8.89. The Kier molecular flexibility index (Phi) is 5.86. The van der Waals surface area contributed by atoms with Crippen LogP contribution in [0.1, 0.15) is 23.9 Å². The predicted octanol–water partition coefficient (Wildman–Crippen LogP) is 3.64. The van der Waals surface area contributed by atoms with Gasteiger partial charge >= 0.3 is 0 Å². The minimum absolute atomic E-state index is 0.0118. The van der Waals surface area contributed by atoms with Crippen LogP contribution < -0.4 is 4.74 Å². The minimum Gasteiger partial charge on any atom is -0.497 e. The SMILES string of the molecule is CCN(Cc1nc(-c2ccc(C)cc2)no1)C(=O)Cc1ccc(OC)cc1. The van der Waals surface area contributed by atoms with Gasteiger partial charge in [-0.1, -0.05) is 47.1 Å². The molecule has 2 aromatic carbocycles. The van der Waals surface area contributed by atoms with Crippen LogP contribution in [0.2, 0.25) is 0 Å². The van der Waals surface area contributed by atoms with Crippen LogP contribution in [0.3, 0.4) is 0 Å². The Bertz CT molecular complexity index is 886. The van der Waals surface area contributed by atoms with Gasteiger partial charge < -0.3 is 14.2 Å². The van der Waals surface area contributed by atoms with Gasteiger partial charge in [-0.15, -0.1) is 0 Å². The number of nitrogens with zero attached hydrogens (tertiary/aromatic N) is 3. The zero-order valence-corrected chi connectivity index (χ0v) is 15.8. The molecule has 0 aliphatic rings. The second-order valence-electron chi connectivity index (χ2n) is 6.31. The van der Waals surface area contributed by atoms with E-state index in [1.165, 1.54) is 5.56 Å². The average Bonchev–Trinajstić information content (AvgIpc) is 3.16. The van der Waals surface area contributed by atoms with Crippen molar-refractivity contribution in [3.8, 4) is 17.1 Å². The second-order valence-corrected chi connectivity index (χ2v) is 6.31. The van der Waals surface area contributed by atoms with Crippen LogP contribution in [0, 0.1) is 6.92 Å². The summed E-state index contributed by atoms with van der Waals surface area (Å²) >= 11 is 0. The Morgan fingerprint density at radius 1 is 1.11 bits per heavy atom. The molecule has 3 rings (SSSR count). The lowest BCUT2D eigenvalue weighted by molar-refractivity contribution is -0.131. The predicted molar refractivity (Wildman–Crippen MR) is 102 cm³/mol. The highest BCUT2D eigenvalue weighted by Crippen LogP contribution is 2.17. The third-order valence-electron chi connectivity index (χ3n) is 4.35.